The highest BCUT2D eigenvalue weighted by atomic mass is 79.9. The minimum atomic E-state index is -0.386. The largest absolute Gasteiger partial charge is 0.305 e. The number of nitro benzene ring substituents is 1. The number of hydrogen-bond donors (Lipinski definition) is 1. The molecule has 0 saturated heterocycles. The van der Waals surface area contributed by atoms with Crippen LogP contribution in [0.3, 0.4) is 0 Å². The Morgan fingerprint density at radius 3 is 2.81 bits per heavy atom. The molecule has 1 aromatic carbocycles. The van der Waals surface area contributed by atoms with E-state index in [-0.39, 0.29) is 16.7 Å². The lowest BCUT2D eigenvalue weighted by molar-refractivity contribution is -0.384. The van der Waals surface area contributed by atoms with E-state index in [2.05, 4.69) is 42.2 Å². The van der Waals surface area contributed by atoms with Gasteiger partial charge in [0, 0.05) is 39.9 Å². The summed E-state index contributed by atoms with van der Waals surface area (Å²) in [6.45, 7) is 2.53. The molecular weight excluding hydrogens is 402 g/mol. The van der Waals surface area contributed by atoms with Crippen molar-refractivity contribution in [3.8, 4) is 0 Å². The maximum absolute atomic E-state index is 10.8. The number of rotatable bonds is 5. The summed E-state index contributed by atoms with van der Waals surface area (Å²) in [4.78, 5) is 14.7. The Kier molecular flexibility index (Phi) is 5.44. The first-order valence-electron chi connectivity index (χ1n) is 6.25. The molecule has 0 spiro atoms. The van der Waals surface area contributed by atoms with Crippen LogP contribution < -0.4 is 5.32 Å². The lowest BCUT2D eigenvalue weighted by atomic mass is 10.1. The molecule has 2 rings (SSSR count). The van der Waals surface area contributed by atoms with Gasteiger partial charge in [0.25, 0.3) is 5.69 Å². The molecule has 0 amide bonds. The Bertz CT molecular complexity index is 664. The molecule has 110 valence electrons. The van der Waals surface area contributed by atoms with Crippen molar-refractivity contribution in [3.63, 3.8) is 0 Å². The van der Waals surface area contributed by atoms with Crippen LogP contribution in [0.15, 0.2) is 45.5 Å². The van der Waals surface area contributed by atoms with Gasteiger partial charge in [0.1, 0.15) is 0 Å². The number of nitrogens with zero attached hydrogens (tertiary/aromatic N) is 2. The lowest BCUT2D eigenvalue weighted by Gasteiger charge is -2.14. The number of halogens is 2. The van der Waals surface area contributed by atoms with Gasteiger partial charge in [-0.2, -0.15) is 0 Å². The zero-order chi connectivity index (χ0) is 15.4. The molecule has 5 nitrogen and oxygen atoms in total. The van der Waals surface area contributed by atoms with Crippen molar-refractivity contribution in [1.82, 2.24) is 10.3 Å². The second-order valence-corrected chi connectivity index (χ2v) is 6.31. The summed E-state index contributed by atoms with van der Waals surface area (Å²) in [7, 11) is 0. The summed E-state index contributed by atoms with van der Waals surface area (Å²) >= 11 is 6.82. The second-order valence-electron chi connectivity index (χ2n) is 4.54. The van der Waals surface area contributed by atoms with Gasteiger partial charge in [-0.25, -0.2) is 0 Å². The van der Waals surface area contributed by atoms with Crippen LogP contribution in [0.2, 0.25) is 0 Å². The highest BCUT2D eigenvalue weighted by Crippen LogP contribution is 2.22. The fourth-order valence-electron chi connectivity index (χ4n) is 1.85. The van der Waals surface area contributed by atoms with Gasteiger partial charge in [-0.1, -0.05) is 12.1 Å². The topological polar surface area (TPSA) is 68.1 Å². The van der Waals surface area contributed by atoms with Gasteiger partial charge in [-0.05, 0) is 50.4 Å². The van der Waals surface area contributed by atoms with Gasteiger partial charge in [-0.15, -0.1) is 0 Å². The van der Waals surface area contributed by atoms with Gasteiger partial charge in [0.05, 0.1) is 10.6 Å². The second kappa shape index (κ2) is 7.11. The molecule has 1 N–H and O–H groups in total. The number of non-ortho nitro benzene ring substituents is 1. The quantitative estimate of drug-likeness (QED) is 0.582. The summed E-state index contributed by atoms with van der Waals surface area (Å²) in [6, 6.07) is 8.56. The Labute approximate surface area is 139 Å². The normalized spacial score (nSPS) is 12.1. The van der Waals surface area contributed by atoms with Crippen LogP contribution in [0, 0.1) is 10.1 Å². The van der Waals surface area contributed by atoms with Crippen molar-refractivity contribution in [1.29, 1.82) is 0 Å². The molecule has 7 heteroatoms. The third kappa shape index (κ3) is 4.33. The molecule has 21 heavy (non-hydrogen) atoms. The Morgan fingerprint density at radius 1 is 1.38 bits per heavy atom. The zero-order valence-corrected chi connectivity index (χ0v) is 14.4. The van der Waals surface area contributed by atoms with Crippen LogP contribution in [-0.2, 0) is 6.54 Å². The number of pyridine rings is 1. The third-order valence-electron chi connectivity index (χ3n) is 3.04. The third-order valence-corrected chi connectivity index (χ3v) is 4.16. The summed E-state index contributed by atoms with van der Waals surface area (Å²) in [5, 5.41) is 14.1. The summed E-state index contributed by atoms with van der Waals surface area (Å²) < 4.78 is 1.82. The Hall–Kier alpha value is -1.31. The van der Waals surface area contributed by atoms with Gasteiger partial charge < -0.3 is 5.32 Å². The van der Waals surface area contributed by atoms with Crippen LogP contribution in [0.1, 0.15) is 24.2 Å². The van der Waals surface area contributed by atoms with E-state index in [4.69, 9.17) is 0 Å². The van der Waals surface area contributed by atoms with Crippen LogP contribution in [0.5, 0.6) is 0 Å². The standard InChI is InChI=1S/C14H13Br2N3O2/c1-9(10-3-2-4-12(5-10)19(20)21)17-8-14-13(16)6-11(15)7-18-14/h2-7,9,17H,8H2,1H3. The minimum Gasteiger partial charge on any atom is -0.305 e. The van der Waals surface area contributed by atoms with Crippen molar-refractivity contribution in [2.24, 2.45) is 0 Å². The van der Waals surface area contributed by atoms with Gasteiger partial charge >= 0.3 is 0 Å². The van der Waals surface area contributed by atoms with E-state index in [9.17, 15) is 10.1 Å². The molecule has 1 aromatic heterocycles. The fraction of sp³-hybridized carbons (Fsp3) is 0.214. The highest BCUT2D eigenvalue weighted by molar-refractivity contribution is 9.11. The Balaban J connectivity index is 2.06. The molecule has 0 radical (unpaired) electrons. The van der Waals surface area contributed by atoms with Gasteiger partial charge in [0.2, 0.25) is 0 Å². The van der Waals surface area contributed by atoms with Crippen molar-refractivity contribution in [2.45, 2.75) is 19.5 Å². The zero-order valence-electron chi connectivity index (χ0n) is 11.2. The van der Waals surface area contributed by atoms with E-state index in [0.717, 1.165) is 20.2 Å². The molecule has 2 aromatic rings. The lowest BCUT2D eigenvalue weighted by Crippen LogP contribution is -2.19. The molecule has 0 aliphatic heterocycles. The van der Waals surface area contributed by atoms with Crippen LogP contribution in [0.4, 0.5) is 5.69 Å². The van der Waals surface area contributed by atoms with Crippen molar-refractivity contribution < 1.29 is 4.92 Å². The number of hydrogen-bond acceptors (Lipinski definition) is 4. The maximum atomic E-state index is 10.8. The van der Waals surface area contributed by atoms with Crippen LogP contribution in [0.25, 0.3) is 0 Å². The summed E-state index contributed by atoms with van der Waals surface area (Å²) in [6.07, 6.45) is 1.74. The maximum Gasteiger partial charge on any atom is 0.269 e. The Morgan fingerprint density at radius 2 is 2.14 bits per heavy atom. The molecule has 0 bridgehead atoms. The molecule has 1 unspecified atom stereocenters. The van der Waals surface area contributed by atoms with Crippen LogP contribution in [-0.4, -0.2) is 9.91 Å². The first-order chi connectivity index (χ1) is 9.97. The van der Waals surface area contributed by atoms with Crippen molar-refractivity contribution in [2.75, 3.05) is 0 Å². The molecule has 0 fully saturated rings. The molecule has 1 heterocycles. The van der Waals surface area contributed by atoms with Crippen molar-refractivity contribution in [3.05, 3.63) is 66.8 Å². The number of nitrogens with one attached hydrogen (secondary N) is 1. The average molecular weight is 415 g/mol. The monoisotopic (exact) mass is 413 g/mol. The number of benzene rings is 1. The van der Waals surface area contributed by atoms with E-state index in [1.165, 1.54) is 6.07 Å². The minimum absolute atomic E-state index is 0.0118. The first kappa shape index (κ1) is 16.1. The van der Waals surface area contributed by atoms with E-state index in [1.807, 2.05) is 19.1 Å². The van der Waals surface area contributed by atoms with E-state index >= 15 is 0 Å². The summed E-state index contributed by atoms with van der Waals surface area (Å²) in [5.41, 5.74) is 1.86. The predicted octanol–water partition coefficient (Wildman–Crippen LogP) is 4.37. The van der Waals surface area contributed by atoms with E-state index < -0.39 is 0 Å². The molecule has 1 atom stereocenters. The molecular formula is C14H13Br2N3O2. The number of aromatic nitrogens is 1. The van der Waals surface area contributed by atoms with Gasteiger partial charge in [-0.3, -0.25) is 15.1 Å². The number of nitro groups is 1. The molecule has 0 aliphatic carbocycles. The predicted molar refractivity (Wildman–Crippen MR) is 88.0 cm³/mol. The molecule has 0 saturated carbocycles. The average Bonchev–Trinajstić information content (AvgIpc) is 2.46. The SMILES string of the molecule is CC(NCc1ncc(Br)cc1Br)c1cccc([N+](=O)[O-])c1. The van der Waals surface area contributed by atoms with E-state index in [0.29, 0.717) is 6.54 Å². The first-order valence-corrected chi connectivity index (χ1v) is 7.83. The van der Waals surface area contributed by atoms with Crippen molar-refractivity contribution >= 4 is 37.5 Å². The van der Waals surface area contributed by atoms with E-state index in [1.54, 1.807) is 18.3 Å². The smallest absolute Gasteiger partial charge is 0.269 e. The molecule has 0 aliphatic rings. The highest BCUT2D eigenvalue weighted by Gasteiger charge is 2.11. The summed E-state index contributed by atoms with van der Waals surface area (Å²) in [5.74, 6) is 0. The van der Waals surface area contributed by atoms with Crippen LogP contribution >= 0.6 is 31.9 Å². The van der Waals surface area contributed by atoms with Gasteiger partial charge in [0.15, 0.2) is 0 Å². The fourth-order valence-corrected chi connectivity index (χ4v) is 2.98.